The second kappa shape index (κ2) is 5.13. The molecule has 3 nitrogen and oxygen atoms in total. The molecule has 0 saturated heterocycles. The Bertz CT molecular complexity index is 991. The van der Waals surface area contributed by atoms with Crippen molar-refractivity contribution in [3.05, 3.63) is 65.3 Å². The number of H-pyrrole nitrogens is 1. The van der Waals surface area contributed by atoms with E-state index < -0.39 is 0 Å². The van der Waals surface area contributed by atoms with Crippen LogP contribution < -0.4 is 0 Å². The highest BCUT2D eigenvalue weighted by atomic mass is 35.5. The molecule has 4 rings (SSSR count). The summed E-state index contributed by atoms with van der Waals surface area (Å²) < 4.78 is 0. The number of hydrogen-bond donors (Lipinski definition) is 2. The zero-order valence-electron chi connectivity index (χ0n) is 11.7. The van der Waals surface area contributed by atoms with Gasteiger partial charge in [-0.1, -0.05) is 48.0 Å². The molecule has 0 saturated carbocycles. The van der Waals surface area contributed by atoms with Gasteiger partial charge in [-0.25, -0.2) is 4.98 Å². The Morgan fingerprint density at radius 3 is 2.55 bits per heavy atom. The molecule has 0 bridgehead atoms. The molecule has 0 radical (unpaired) electrons. The second-order valence-electron chi connectivity index (χ2n) is 5.19. The number of nitrogens with one attached hydrogen (secondary N) is 1. The Kier molecular flexibility index (Phi) is 3.10. The number of para-hydroxylation sites is 2. The van der Waals surface area contributed by atoms with Crippen molar-refractivity contribution in [3.8, 4) is 11.3 Å². The van der Waals surface area contributed by atoms with E-state index in [1.165, 1.54) is 0 Å². The van der Waals surface area contributed by atoms with Crippen LogP contribution in [0.15, 0.2) is 54.6 Å². The van der Waals surface area contributed by atoms with Gasteiger partial charge in [-0.05, 0) is 18.2 Å². The van der Waals surface area contributed by atoms with Crippen molar-refractivity contribution in [1.82, 2.24) is 9.97 Å². The first kappa shape index (κ1) is 13.3. The van der Waals surface area contributed by atoms with E-state index in [9.17, 15) is 5.11 Å². The summed E-state index contributed by atoms with van der Waals surface area (Å²) in [7, 11) is 0. The molecular formula is C18H13ClN2O. The van der Waals surface area contributed by atoms with Gasteiger partial charge in [0.2, 0.25) is 0 Å². The number of aliphatic hydroxyl groups excluding tert-OH is 1. The number of nitrogens with zero attached hydrogens (tertiary/aromatic N) is 1. The first-order chi connectivity index (χ1) is 10.8. The maximum Gasteiger partial charge on any atom is 0.0838 e. The van der Waals surface area contributed by atoms with Crippen LogP contribution in [-0.2, 0) is 6.61 Å². The van der Waals surface area contributed by atoms with Crippen molar-refractivity contribution >= 4 is 33.4 Å². The number of aromatic amines is 1. The lowest BCUT2D eigenvalue weighted by Crippen LogP contribution is -1.91. The summed E-state index contributed by atoms with van der Waals surface area (Å²) in [6, 6.07) is 17.6. The molecule has 2 heterocycles. The van der Waals surface area contributed by atoms with E-state index in [1.807, 2.05) is 54.6 Å². The van der Waals surface area contributed by atoms with E-state index >= 15 is 0 Å². The van der Waals surface area contributed by atoms with Gasteiger partial charge in [-0.2, -0.15) is 0 Å². The molecule has 4 aromatic rings. The van der Waals surface area contributed by atoms with Crippen molar-refractivity contribution < 1.29 is 5.11 Å². The molecule has 0 spiro atoms. The number of aliphatic hydroxyl groups is 1. The molecule has 2 N–H and O–H groups in total. The van der Waals surface area contributed by atoms with Crippen LogP contribution in [0.3, 0.4) is 0 Å². The lowest BCUT2D eigenvalue weighted by Gasteiger charge is -2.06. The van der Waals surface area contributed by atoms with Gasteiger partial charge >= 0.3 is 0 Å². The van der Waals surface area contributed by atoms with Crippen LogP contribution in [0.4, 0.5) is 0 Å². The molecule has 2 aromatic heterocycles. The molecule has 2 aromatic carbocycles. The minimum atomic E-state index is -0.0733. The molecule has 108 valence electrons. The van der Waals surface area contributed by atoms with Gasteiger partial charge in [0.15, 0.2) is 0 Å². The van der Waals surface area contributed by atoms with Crippen LogP contribution in [0.5, 0.6) is 0 Å². The summed E-state index contributed by atoms with van der Waals surface area (Å²) in [4.78, 5) is 7.97. The maximum absolute atomic E-state index is 9.67. The SMILES string of the molecule is OCc1[nH]c2ccccc2c1-c1cc(Cl)c2ccccc2n1. The normalized spacial score (nSPS) is 11.4. The van der Waals surface area contributed by atoms with Gasteiger partial charge in [-0.15, -0.1) is 0 Å². The molecule has 0 aliphatic carbocycles. The van der Waals surface area contributed by atoms with Gasteiger partial charge < -0.3 is 10.1 Å². The van der Waals surface area contributed by atoms with E-state index in [2.05, 4.69) is 4.98 Å². The third-order valence-electron chi connectivity index (χ3n) is 3.86. The topological polar surface area (TPSA) is 48.9 Å². The van der Waals surface area contributed by atoms with Crippen LogP contribution in [0.2, 0.25) is 5.02 Å². The van der Waals surface area contributed by atoms with E-state index in [-0.39, 0.29) is 6.61 Å². The fourth-order valence-corrected chi connectivity index (χ4v) is 3.13. The number of rotatable bonds is 2. The lowest BCUT2D eigenvalue weighted by atomic mass is 10.1. The number of benzene rings is 2. The summed E-state index contributed by atoms with van der Waals surface area (Å²) in [6.45, 7) is -0.0733. The summed E-state index contributed by atoms with van der Waals surface area (Å²) in [5, 5.41) is 12.3. The standard InChI is InChI=1S/C18H13ClN2O/c19-13-9-16(20-14-7-3-1-5-11(13)14)18-12-6-2-4-8-15(12)21-17(18)10-22/h1-9,21-22H,10H2. The van der Waals surface area contributed by atoms with Crippen LogP contribution in [0.25, 0.3) is 33.1 Å². The Labute approximate surface area is 132 Å². The Morgan fingerprint density at radius 2 is 1.73 bits per heavy atom. The molecular weight excluding hydrogens is 296 g/mol. The number of aromatic nitrogens is 2. The van der Waals surface area contributed by atoms with Gasteiger partial charge in [0.05, 0.1) is 28.5 Å². The van der Waals surface area contributed by atoms with E-state index in [1.54, 1.807) is 0 Å². The van der Waals surface area contributed by atoms with Crippen molar-refractivity contribution in [3.63, 3.8) is 0 Å². The quantitative estimate of drug-likeness (QED) is 0.571. The van der Waals surface area contributed by atoms with Crippen LogP contribution in [0.1, 0.15) is 5.69 Å². The Hall–Kier alpha value is -2.36. The number of hydrogen-bond acceptors (Lipinski definition) is 2. The maximum atomic E-state index is 9.67. The van der Waals surface area contributed by atoms with E-state index in [4.69, 9.17) is 16.6 Å². The minimum absolute atomic E-state index is 0.0733. The molecule has 4 heteroatoms. The summed E-state index contributed by atoms with van der Waals surface area (Å²) >= 11 is 6.41. The zero-order valence-corrected chi connectivity index (χ0v) is 12.4. The summed E-state index contributed by atoms with van der Waals surface area (Å²) in [6.07, 6.45) is 0. The highest BCUT2D eigenvalue weighted by molar-refractivity contribution is 6.35. The largest absolute Gasteiger partial charge is 0.390 e. The van der Waals surface area contributed by atoms with Gasteiger partial charge in [0.25, 0.3) is 0 Å². The first-order valence-corrected chi connectivity index (χ1v) is 7.42. The molecule has 22 heavy (non-hydrogen) atoms. The fourth-order valence-electron chi connectivity index (χ4n) is 2.87. The van der Waals surface area contributed by atoms with Crippen molar-refractivity contribution in [1.29, 1.82) is 0 Å². The Morgan fingerprint density at radius 1 is 1.00 bits per heavy atom. The molecule has 0 atom stereocenters. The summed E-state index contributed by atoms with van der Waals surface area (Å²) in [5.41, 5.74) is 4.25. The van der Waals surface area contributed by atoms with Gasteiger partial charge in [0, 0.05) is 21.9 Å². The predicted molar refractivity (Wildman–Crippen MR) is 90.0 cm³/mol. The van der Waals surface area contributed by atoms with E-state index in [0.717, 1.165) is 38.8 Å². The monoisotopic (exact) mass is 308 g/mol. The number of halogens is 1. The van der Waals surface area contributed by atoms with Crippen molar-refractivity contribution in [2.24, 2.45) is 0 Å². The minimum Gasteiger partial charge on any atom is -0.390 e. The van der Waals surface area contributed by atoms with Crippen molar-refractivity contribution in [2.75, 3.05) is 0 Å². The third kappa shape index (κ3) is 1.98. The molecule has 0 fully saturated rings. The predicted octanol–water partition coefficient (Wildman–Crippen LogP) is 4.53. The first-order valence-electron chi connectivity index (χ1n) is 7.04. The van der Waals surface area contributed by atoms with Crippen molar-refractivity contribution in [2.45, 2.75) is 6.61 Å². The highest BCUT2D eigenvalue weighted by Gasteiger charge is 2.15. The third-order valence-corrected chi connectivity index (χ3v) is 4.18. The molecule has 0 aliphatic rings. The average Bonchev–Trinajstić information content (AvgIpc) is 2.93. The van der Waals surface area contributed by atoms with Crippen LogP contribution in [-0.4, -0.2) is 15.1 Å². The number of pyridine rings is 1. The average molecular weight is 309 g/mol. The van der Waals surface area contributed by atoms with Crippen LogP contribution in [0, 0.1) is 0 Å². The molecule has 0 amide bonds. The van der Waals surface area contributed by atoms with E-state index in [0.29, 0.717) is 5.02 Å². The highest BCUT2D eigenvalue weighted by Crippen LogP contribution is 2.34. The Balaban J connectivity index is 2.06. The zero-order chi connectivity index (χ0) is 15.1. The molecule has 0 unspecified atom stereocenters. The van der Waals surface area contributed by atoms with Crippen LogP contribution >= 0.6 is 11.6 Å². The number of fused-ring (bicyclic) bond motifs is 2. The second-order valence-corrected chi connectivity index (χ2v) is 5.60. The van der Waals surface area contributed by atoms with Gasteiger partial charge in [-0.3, -0.25) is 0 Å². The fraction of sp³-hybridized carbons (Fsp3) is 0.0556. The smallest absolute Gasteiger partial charge is 0.0838 e. The lowest BCUT2D eigenvalue weighted by molar-refractivity contribution is 0.278. The van der Waals surface area contributed by atoms with Gasteiger partial charge in [0.1, 0.15) is 0 Å². The summed E-state index contributed by atoms with van der Waals surface area (Å²) in [5.74, 6) is 0. The molecule has 0 aliphatic heterocycles.